The Morgan fingerprint density at radius 1 is 1.28 bits per heavy atom. The van der Waals surface area contributed by atoms with Gasteiger partial charge in [-0.05, 0) is 49.4 Å². The third kappa shape index (κ3) is 4.58. The lowest BCUT2D eigenvalue weighted by molar-refractivity contribution is -0.127. The van der Waals surface area contributed by atoms with Crippen molar-refractivity contribution in [2.24, 2.45) is 0 Å². The number of amides is 2. The highest BCUT2D eigenvalue weighted by Crippen LogP contribution is 2.39. The third-order valence-corrected chi connectivity index (χ3v) is 7.98. The number of H-pyrrole nitrogens is 1. The van der Waals surface area contributed by atoms with Gasteiger partial charge in [-0.15, -0.1) is 11.3 Å². The second-order valence-electron chi connectivity index (χ2n) is 9.24. The number of nitrogens with one attached hydrogen (secondary N) is 3. The number of benzene rings is 1. The van der Waals surface area contributed by atoms with E-state index in [1.807, 2.05) is 23.1 Å². The van der Waals surface area contributed by atoms with E-state index in [1.165, 1.54) is 10.4 Å². The molecule has 1 saturated heterocycles. The van der Waals surface area contributed by atoms with Crippen molar-refractivity contribution in [2.45, 2.75) is 44.6 Å². The number of carbonyl (C=O) groups excluding carboxylic acids is 2. The molecule has 6 rings (SSSR count). The molecular weight excluding hydrogens is 478 g/mol. The Morgan fingerprint density at radius 2 is 2.22 bits per heavy atom. The number of anilines is 2. The largest absolute Gasteiger partial charge is 0.446 e. The van der Waals surface area contributed by atoms with Gasteiger partial charge in [0, 0.05) is 48.4 Å². The van der Waals surface area contributed by atoms with E-state index in [1.54, 1.807) is 23.9 Å². The molecule has 1 fully saturated rings. The second-order valence-corrected chi connectivity index (χ2v) is 10.3. The number of rotatable bonds is 7. The van der Waals surface area contributed by atoms with E-state index in [-0.39, 0.29) is 12.0 Å². The summed E-state index contributed by atoms with van der Waals surface area (Å²) in [5.41, 5.74) is 3.16. The van der Waals surface area contributed by atoms with Crippen molar-refractivity contribution >= 4 is 56.0 Å². The first-order chi connectivity index (χ1) is 17.6. The van der Waals surface area contributed by atoms with Crippen molar-refractivity contribution < 1.29 is 14.3 Å². The number of hydrogen-bond donors (Lipinski definition) is 3. The number of alkyl carbamates (subject to hydrolysis) is 1. The Labute approximate surface area is 211 Å². The van der Waals surface area contributed by atoms with Crippen molar-refractivity contribution in [1.29, 1.82) is 0 Å². The first-order valence-corrected chi connectivity index (χ1v) is 13.1. The van der Waals surface area contributed by atoms with Crippen LogP contribution in [-0.2, 0) is 22.4 Å². The van der Waals surface area contributed by atoms with E-state index in [0.29, 0.717) is 25.9 Å². The lowest BCUT2D eigenvalue weighted by Crippen LogP contribution is -2.34. The summed E-state index contributed by atoms with van der Waals surface area (Å²) in [6, 6.07) is 6.03. The minimum Gasteiger partial charge on any atom is -0.446 e. The van der Waals surface area contributed by atoms with Crippen molar-refractivity contribution in [3.05, 3.63) is 41.2 Å². The van der Waals surface area contributed by atoms with Gasteiger partial charge in [0.15, 0.2) is 0 Å². The van der Waals surface area contributed by atoms with Gasteiger partial charge < -0.3 is 20.3 Å². The number of carbonyl (C=O) groups is 2. The van der Waals surface area contributed by atoms with Crippen LogP contribution in [0.2, 0.25) is 0 Å². The molecule has 1 aliphatic carbocycles. The molecule has 4 heterocycles. The Bertz CT molecular complexity index is 1430. The van der Waals surface area contributed by atoms with Gasteiger partial charge in [0.2, 0.25) is 5.91 Å². The van der Waals surface area contributed by atoms with E-state index < -0.39 is 6.09 Å². The Hall–Kier alpha value is -3.73. The van der Waals surface area contributed by atoms with Crippen LogP contribution in [0.15, 0.2) is 30.7 Å². The lowest BCUT2D eigenvalue weighted by atomic mass is 9.94. The average Bonchev–Trinajstić information content (AvgIpc) is 3.60. The molecule has 1 atom stereocenters. The first kappa shape index (κ1) is 22.7. The van der Waals surface area contributed by atoms with Crippen molar-refractivity contribution in [2.75, 3.05) is 25.0 Å². The summed E-state index contributed by atoms with van der Waals surface area (Å²) in [4.78, 5) is 37.0. The molecule has 3 N–H and O–H groups in total. The number of aromatic nitrogens is 4. The number of thiophene rings is 1. The van der Waals surface area contributed by atoms with Gasteiger partial charge in [0.05, 0.1) is 17.1 Å². The Balaban J connectivity index is 1.08. The van der Waals surface area contributed by atoms with Crippen molar-refractivity contribution in [3.8, 4) is 0 Å². The molecule has 2 amide bonds. The van der Waals surface area contributed by atoms with Crippen molar-refractivity contribution in [1.82, 2.24) is 30.4 Å². The molecule has 1 aliphatic heterocycles. The summed E-state index contributed by atoms with van der Waals surface area (Å²) < 4.78 is 5.71. The molecule has 0 saturated carbocycles. The molecule has 2 aliphatic rings. The van der Waals surface area contributed by atoms with Gasteiger partial charge >= 0.3 is 6.09 Å². The smallest absolute Gasteiger partial charge is 0.407 e. The van der Waals surface area contributed by atoms with Crippen LogP contribution < -0.4 is 10.6 Å². The van der Waals surface area contributed by atoms with Gasteiger partial charge in [-0.1, -0.05) is 0 Å². The number of fused-ring (bicyclic) bond motifs is 4. The van der Waals surface area contributed by atoms with Crippen LogP contribution in [0.5, 0.6) is 0 Å². The standard InChI is InChI=1S/C25H27N7O3S/c33-21-3-1-9-32(21)10-2-8-26-25(34)35-17-5-6-18-20(12-17)36-24-22(18)23(27-14-28-24)30-16-4-7-19-15(11-16)13-29-31-19/h4,7,11,13-14,17H,1-3,5-6,8-10,12H2,(H,26,34)(H,29,31)(H,27,28,30). The number of aromatic amines is 1. The molecule has 3 aromatic heterocycles. The van der Waals surface area contributed by atoms with Gasteiger partial charge in [-0.2, -0.15) is 5.10 Å². The highest BCUT2D eigenvalue weighted by Gasteiger charge is 2.27. The van der Waals surface area contributed by atoms with Crippen LogP contribution in [0.25, 0.3) is 21.1 Å². The van der Waals surface area contributed by atoms with E-state index in [2.05, 4.69) is 30.8 Å². The fourth-order valence-corrected chi connectivity index (χ4v) is 6.28. The van der Waals surface area contributed by atoms with Crippen molar-refractivity contribution in [3.63, 3.8) is 0 Å². The number of ether oxygens (including phenoxy) is 1. The predicted molar refractivity (Wildman–Crippen MR) is 138 cm³/mol. The molecule has 0 radical (unpaired) electrons. The van der Waals surface area contributed by atoms with E-state index in [0.717, 1.165) is 64.9 Å². The van der Waals surface area contributed by atoms with Crippen LogP contribution in [0.4, 0.5) is 16.3 Å². The molecule has 36 heavy (non-hydrogen) atoms. The zero-order valence-electron chi connectivity index (χ0n) is 19.7. The maximum atomic E-state index is 12.3. The van der Waals surface area contributed by atoms with Crippen LogP contribution in [0.3, 0.4) is 0 Å². The second kappa shape index (κ2) is 9.73. The number of hydrogen-bond acceptors (Lipinski definition) is 8. The summed E-state index contributed by atoms with van der Waals surface area (Å²) >= 11 is 1.64. The highest BCUT2D eigenvalue weighted by atomic mass is 32.1. The van der Waals surface area contributed by atoms with Crippen LogP contribution >= 0.6 is 11.3 Å². The molecule has 0 bridgehead atoms. The summed E-state index contributed by atoms with van der Waals surface area (Å²) in [5.74, 6) is 0.995. The predicted octanol–water partition coefficient (Wildman–Crippen LogP) is 3.91. The average molecular weight is 506 g/mol. The number of likely N-dealkylation sites (tertiary alicyclic amines) is 1. The van der Waals surface area contributed by atoms with Crippen LogP contribution in [0, 0.1) is 0 Å². The minimum atomic E-state index is -0.394. The highest BCUT2D eigenvalue weighted by molar-refractivity contribution is 7.19. The van der Waals surface area contributed by atoms with Crippen LogP contribution in [-0.4, -0.2) is 62.8 Å². The molecule has 10 nitrogen and oxygen atoms in total. The van der Waals surface area contributed by atoms with Crippen LogP contribution in [0.1, 0.15) is 36.1 Å². The van der Waals surface area contributed by atoms with Gasteiger partial charge in [-0.3, -0.25) is 9.89 Å². The maximum Gasteiger partial charge on any atom is 0.407 e. The number of aryl methyl sites for hydroxylation is 1. The normalized spacial score (nSPS) is 17.5. The lowest BCUT2D eigenvalue weighted by Gasteiger charge is -2.23. The number of nitrogens with zero attached hydrogens (tertiary/aromatic N) is 4. The quantitative estimate of drug-likeness (QED) is 0.325. The zero-order chi connectivity index (χ0) is 24.5. The zero-order valence-corrected chi connectivity index (χ0v) is 20.6. The minimum absolute atomic E-state index is 0.168. The summed E-state index contributed by atoms with van der Waals surface area (Å²) in [6.07, 6.45) is 7.35. The SMILES string of the molecule is O=C(NCCCN1CCCC1=O)OC1CCc2c(sc3ncnc(Nc4ccc5[nH]ncc5c4)c23)C1. The first-order valence-electron chi connectivity index (χ1n) is 12.3. The molecule has 11 heteroatoms. The summed E-state index contributed by atoms with van der Waals surface area (Å²) in [6.45, 7) is 2.00. The Morgan fingerprint density at radius 3 is 3.11 bits per heavy atom. The van der Waals surface area contributed by atoms with Gasteiger partial charge in [-0.25, -0.2) is 14.8 Å². The fourth-order valence-electron chi connectivity index (χ4n) is 5.03. The molecule has 186 valence electrons. The third-order valence-electron chi connectivity index (χ3n) is 6.82. The fraction of sp³-hybridized carbons (Fsp3) is 0.400. The molecular formula is C25H27N7O3S. The van der Waals surface area contributed by atoms with E-state index in [9.17, 15) is 9.59 Å². The summed E-state index contributed by atoms with van der Waals surface area (Å²) in [7, 11) is 0. The van der Waals surface area contributed by atoms with Gasteiger partial charge in [0.25, 0.3) is 0 Å². The summed E-state index contributed by atoms with van der Waals surface area (Å²) in [5, 5.41) is 15.4. The monoisotopic (exact) mass is 505 g/mol. The molecule has 1 aromatic carbocycles. The van der Waals surface area contributed by atoms with E-state index >= 15 is 0 Å². The van der Waals surface area contributed by atoms with Gasteiger partial charge in [0.1, 0.15) is 23.1 Å². The maximum absolute atomic E-state index is 12.3. The van der Waals surface area contributed by atoms with E-state index in [4.69, 9.17) is 4.74 Å². The molecule has 1 unspecified atom stereocenters. The molecule has 4 aromatic rings. The topological polar surface area (TPSA) is 125 Å². The Kier molecular flexibility index (Phi) is 6.14. The molecule has 0 spiro atoms.